The van der Waals surface area contributed by atoms with Crippen molar-refractivity contribution in [1.29, 1.82) is 0 Å². The van der Waals surface area contributed by atoms with Crippen LogP contribution in [0.25, 0.3) is 10.2 Å². The number of aromatic hydroxyl groups is 1. The molecule has 0 aliphatic rings. The molecular formula is C22H15F3N2O5S. The first-order valence-electron chi connectivity index (χ1n) is 9.46. The van der Waals surface area contributed by atoms with Gasteiger partial charge in [0.15, 0.2) is 5.56 Å². The molecule has 4 aromatic rings. The second-order valence-electron chi connectivity index (χ2n) is 7.06. The lowest BCUT2D eigenvalue weighted by Crippen LogP contribution is -2.21. The van der Waals surface area contributed by atoms with E-state index in [4.69, 9.17) is 9.15 Å². The van der Waals surface area contributed by atoms with E-state index in [0.717, 1.165) is 17.4 Å². The summed E-state index contributed by atoms with van der Waals surface area (Å²) in [7, 11) is 0. The fourth-order valence-corrected chi connectivity index (χ4v) is 3.94. The molecule has 170 valence electrons. The van der Waals surface area contributed by atoms with Gasteiger partial charge < -0.3 is 19.6 Å². The van der Waals surface area contributed by atoms with Gasteiger partial charge in [0, 0.05) is 11.8 Å². The van der Waals surface area contributed by atoms with Crippen molar-refractivity contribution < 1.29 is 32.2 Å². The van der Waals surface area contributed by atoms with Gasteiger partial charge in [0.25, 0.3) is 11.1 Å². The highest BCUT2D eigenvalue weighted by molar-refractivity contribution is 7.20. The molecule has 0 saturated carbocycles. The summed E-state index contributed by atoms with van der Waals surface area (Å²) in [5, 5.41) is 12.6. The molecule has 0 atom stereocenters. The molecule has 33 heavy (non-hydrogen) atoms. The molecule has 0 aliphatic heterocycles. The predicted molar refractivity (Wildman–Crippen MR) is 115 cm³/mol. The van der Waals surface area contributed by atoms with Gasteiger partial charge in [0.1, 0.15) is 17.3 Å². The predicted octanol–water partition coefficient (Wildman–Crippen LogP) is 5.41. The summed E-state index contributed by atoms with van der Waals surface area (Å²) in [4.78, 5) is 28.4. The number of hydrogen-bond acceptors (Lipinski definition) is 7. The van der Waals surface area contributed by atoms with Crippen LogP contribution in [0.1, 0.15) is 21.7 Å². The Bertz CT molecular complexity index is 1390. The number of rotatable bonds is 5. The first-order chi connectivity index (χ1) is 15.6. The van der Waals surface area contributed by atoms with Crippen LogP contribution < -0.4 is 15.7 Å². The maximum absolute atomic E-state index is 12.6. The molecule has 7 nitrogen and oxygen atoms in total. The summed E-state index contributed by atoms with van der Waals surface area (Å²) in [6, 6.07) is 11.6. The number of hydrogen-bond donors (Lipinski definition) is 2. The molecule has 0 fully saturated rings. The van der Waals surface area contributed by atoms with Crippen LogP contribution in [0.3, 0.4) is 0 Å². The number of carbonyl (C=O) groups is 1. The molecule has 2 aromatic carbocycles. The van der Waals surface area contributed by atoms with Crippen LogP contribution in [-0.2, 0) is 6.42 Å². The lowest BCUT2D eigenvalue weighted by molar-refractivity contribution is -0.127. The molecule has 0 unspecified atom stereocenters. The highest BCUT2D eigenvalue weighted by Crippen LogP contribution is 2.33. The lowest BCUT2D eigenvalue weighted by Gasteiger charge is -2.07. The van der Waals surface area contributed by atoms with E-state index in [9.17, 15) is 27.9 Å². The van der Waals surface area contributed by atoms with Crippen molar-refractivity contribution in [1.82, 2.24) is 4.98 Å². The molecule has 1 amide bonds. The van der Waals surface area contributed by atoms with E-state index in [1.165, 1.54) is 49.4 Å². The van der Waals surface area contributed by atoms with Gasteiger partial charge in [-0.3, -0.25) is 4.79 Å². The summed E-state index contributed by atoms with van der Waals surface area (Å²) >= 11 is 1.11. The number of aryl methyl sites for hydroxylation is 1. The average molecular weight is 476 g/mol. The van der Waals surface area contributed by atoms with Gasteiger partial charge in [-0.05, 0) is 48.9 Å². The van der Waals surface area contributed by atoms with Crippen molar-refractivity contribution in [2.75, 3.05) is 5.32 Å². The first-order valence-corrected chi connectivity index (χ1v) is 10.3. The van der Waals surface area contributed by atoms with Crippen LogP contribution in [0, 0.1) is 6.92 Å². The van der Waals surface area contributed by atoms with E-state index < -0.39 is 35.4 Å². The Morgan fingerprint density at radius 1 is 1.18 bits per heavy atom. The van der Waals surface area contributed by atoms with Gasteiger partial charge in [-0.1, -0.05) is 17.4 Å². The molecular weight excluding hydrogens is 461 g/mol. The standard InChI is InChI=1S/C22H15F3N2O5S/c1-11-8-16(28)18(20(30)31-11)19(29)26-13-3-5-14(6-4-13)32-21-27-15-7-2-12(9-17(15)33-21)10-22(23,24)25/h2-9,28H,10H2,1H3,(H,26,29). The molecule has 4 rings (SSSR count). The number of nitrogens with zero attached hydrogens (tertiary/aromatic N) is 1. The molecule has 2 aromatic heterocycles. The van der Waals surface area contributed by atoms with E-state index in [1.54, 1.807) is 0 Å². The minimum atomic E-state index is -4.29. The number of nitrogens with one attached hydrogen (secondary N) is 1. The molecule has 0 saturated heterocycles. The lowest BCUT2D eigenvalue weighted by atomic mass is 10.1. The summed E-state index contributed by atoms with van der Waals surface area (Å²) in [5.74, 6) is -0.784. The van der Waals surface area contributed by atoms with Crippen LogP contribution in [0.5, 0.6) is 16.7 Å². The zero-order valence-corrected chi connectivity index (χ0v) is 17.7. The third-order valence-corrected chi connectivity index (χ3v) is 5.33. The van der Waals surface area contributed by atoms with E-state index >= 15 is 0 Å². The Kier molecular flexibility index (Phi) is 5.81. The summed E-state index contributed by atoms with van der Waals surface area (Å²) in [5.41, 5.74) is -0.493. The van der Waals surface area contributed by atoms with Gasteiger partial charge in [0.05, 0.1) is 16.6 Å². The number of amides is 1. The summed E-state index contributed by atoms with van der Waals surface area (Å²) in [6.45, 7) is 1.47. The molecule has 2 N–H and O–H groups in total. The first kappa shape index (κ1) is 22.3. The van der Waals surface area contributed by atoms with Gasteiger partial charge in [-0.15, -0.1) is 0 Å². The number of carbonyl (C=O) groups excluding carboxylic acids is 1. The van der Waals surface area contributed by atoms with Gasteiger partial charge >= 0.3 is 11.8 Å². The van der Waals surface area contributed by atoms with E-state index in [0.29, 0.717) is 21.7 Å². The zero-order valence-electron chi connectivity index (χ0n) is 16.9. The number of thiazole rings is 1. The number of fused-ring (bicyclic) bond motifs is 1. The van der Waals surface area contributed by atoms with Gasteiger partial charge in [-0.25, -0.2) is 9.78 Å². The normalized spacial score (nSPS) is 11.5. The minimum Gasteiger partial charge on any atom is -0.507 e. The molecule has 0 bridgehead atoms. The zero-order chi connectivity index (χ0) is 23.8. The largest absolute Gasteiger partial charge is 0.507 e. The van der Waals surface area contributed by atoms with Crippen molar-refractivity contribution in [2.45, 2.75) is 19.5 Å². The van der Waals surface area contributed by atoms with Crippen LogP contribution in [0.2, 0.25) is 0 Å². The fraction of sp³-hybridized carbons (Fsp3) is 0.136. The Morgan fingerprint density at radius 2 is 1.91 bits per heavy atom. The monoisotopic (exact) mass is 476 g/mol. The summed E-state index contributed by atoms with van der Waals surface area (Å²) < 4.78 is 48.9. The van der Waals surface area contributed by atoms with E-state index in [-0.39, 0.29) is 16.5 Å². The quantitative estimate of drug-likeness (QED) is 0.399. The third kappa shape index (κ3) is 5.32. The SMILES string of the molecule is Cc1cc(O)c(C(=O)Nc2ccc(Oc3nc4ccc(CC(F)(F)F)cc4s3)cc2)c(=O)o1. The average Bonchev–Trinajstić information content (AvgIpc) is 3.09. The number of alkyl halides is 3. The molecule has 0 aliphatic carbocycles. The van der Waals surface area contributed by atoms with Crippen LogP contribution in [0.4, 0.5) is 18.9 Å². The van der Waals surface area contributed by atoms with Crippen molar-refractivity contribution in [3.63, 3.8) is 0 Å². The molecule has 0 spiro atoms. The van der Waals surface area contributed by atoms with Crippen molar-refractivity contribution in [2.24, 2.45) is 0 Å². The summed E-state index contributed by atoms with van der Waals surface area (Å²) in [6.07, 6.45) is -5.32. The highest BCUT2D eigenvalue weighted by Gasteiger charge is 2.27. The Morgan fingerprint density at radius 3 is 2.58 bits per heavy atom. The van der Waals surface area contributed by atoms with Crippen LogP contribution in [-0.4, -0.2) is 22.2 Å². The maximum Gasteiger partial charge on any atom is 0.393 e. The Labute approximate surface area is 188 Å². The number of ether oxygens (including phenoxy) is 1. The van der Waals surface area contributed by atoms with Gasteiger partial charge in [0.2, 0.25) is 0 Å². The second kappa shape index (κ2) is 8.58. The number of halogens is 3. The number of aromatic nitrogens is 1. The number of benzene rings is 2. The van der Waals surface area contributed by atoms with Crippen molar-refractivity contribution in [3.8, 4) is 16.7 Å². The maximum atomic E-state index is 12.6. The van der Waals surface area contributed by atoms with Crippen molar-refractivity contribution in [3.05, 3.63) is 75.8 Å². The fourth-order valence-electron chi connectivity index (χ4n) is 3.04. The second-order valence-corrected chi connectivity index (χ2v) is 8.05. The smallest absolute Gasteiger partial charge is 0.393 e. The van der Waals surface area contributed by atoms with E-state index in [2.05, 4.69) is 10.3 Å². The van der Waals surface area contributed by atoms with Crippen LogP contribution in [0.15, 0.2) is 57.7 Å². The third-order valence-electron chi connectivity index (χ3n) is 4.44. The molecule has 2 heterocycles. The highest BCUT2D eigenvalue weighted by atomic mass is 32.1. The van der Waals surface area contributed by atoms with Gasteiger partial charge in [-0.2, -0.15) is 13.2 Å². The minimum absolute atomic E-state index is 0.138. The topological polar surface area (TPSA) is 102 Å². The van der Waals surface area contributed by atoms with Crippen LogP contribution >= 0.6 is 11.3 Å². The van der Waals surface area contributed by atoms with Crippen molar-refractivity contribution >= 4 is 33.1 Å². The molecule has 0 radical (unpaired) electrons. The number of anilines is 1. The van der Waals surface area contributed by atoms with E-state index in [1.807, 2.05) is 0 Å². The Hall–Kier alpha value is -3.86. The molecule has 11 heteroatoms. The Balaban J connectivity index is 1.46.